The molecule has 0 spiro atoms. The lowest BCUT2D eigenvalue weighted by Gasteiger charge is -2.17. The largest absolute Gasteiger partial charge is 0.326 e. The van der Waals surface area contributed by atoms with Gasteiger partial charge in [0.15, 0.2) is 0 Å². The predicted octanol–water partition coefficient (Wildman–Crippen LogP) is 3.32. The molecule has 0 radical (unpaired) electrons. The van der Waals surface area contributed by atoms with E-state index in [1.165, 1.54) is 0 Å². The number of aryl methyl sites for hydroxylation is 1. The van der Waals surface area contributed by atoms with E-state index in [4.69, 9.17) is 11.6 Å². The molecule has 4 heteroatoms. The number of hydrogen-bond acceptors (Lipinski definition) is 2. The lowest BCUT2D eigenvalue weighted by Crippen LogP contribution is -2.27. The first kappa shape index (κ1) is 15.0. The number of rotatable bonds is 6. The number of carbonyl (C=O) groups is 1. The van der Waals surface area contributed by atoms with Gasteiger partial charge in [0.25, 0.3) is 0 Å². The number of anilines is 1. The fourth-order valence-corrected chi connectivity index (χ4v) is 1.87. The van der Waals surface area contributed by atoms with Gasteiger partial charge in [-0.05, 0) is 37.7 Å². The van der Waals surface area contributed by atoms with Gasteiger partial charge in [-0.3, -0.25) is 4.79 Å². The van der Waals surface area contributed by atoms with Gasteiger partial charge in [-0.1, -0.05) is 31.5 Å². The summed E-state index contributed by atoms with van der Waals surface area (Å²) in [4.78, 5) is 14.0. The molecule has 0 aliphatic heterocycles. The van der Waals surface area contributed by atoms with E-state index in [2.05, 4.69) is 24.1 Å². The first-order chi connectivity index (χ1) is 8.56. The highest BCUT2D eigenvalue weighted by molar-refractivity contribution is 6.31. The highest BCUT2D eigenvalue weighted by Gasteiger charge is 2.06. The molecule has 100 valence electrons. The number of benzene rings is 1. The van der Waals surface area contributed by atoms with Crippen molar-refractivity contribution in [2.45, 2.75) is 27.2 Å². The second-order valence-corrected chi connectivity index (χ2v) is 4.70. The average Bonchev–Trinajstić information content (AvgIpc) is 2.35. The monoisotopic (exact) mass is 268 g/mol. The van der Waals surface area contributed by atoms with Crippen molar-refractivity contribution >= 4 is 23.2 Å². The zero-order chi connectivity index (χ0) is 13.5. The maximum absolute atomic E-state index is 11.8. The van der Waals surface area contributed by atoms with E-state index in [1.54, 1.807) is 6.07 Å². The first-order valence-electron chi connectivity index (χ1n) is 6.35. The molecule has 1 rings (SSSR count). The Morgan fingerprint density at radius 3 is 2.56 bits per heavy atom. The summed E-state index contributed by atoms with van der Waals surface area (Å²) in [6.07, 6.45) is 0.507. The average molecular weight is 269 g/mol. The topological polar surface area (TPSA) is 32.3 Å². The van der Waals surface area contributed by atoms with Crippen molar-refractivity contribution in [3.05, 3.63) is 28.8 Å². The van der Waals surface area contributed by atoms with Crippen molar-refractivity contribution in [2.75, 3.05) is 25.0 Å². The summed E-state index contributed by atoms with van der Waals surface area (Å²) >= 11 is 6.01. The highest BCUT2D eigenvalue weighted by Crippen LogP contribution is 2.19. The minimum atomic E-state index is 0.0295. The van der Waals surface area contributed by atoms with E-state index in [0.29, 0.717) is 11.4 Å². The molecule has 0 saturated carbocycles. The zero-order valence-corrected chi connectivity index (χ0v) is 12.0. The normalized spacial score (nSPS) is 10.7. The number of nitrogens with one attached hydrogen (secondary N) is 1. The van der Waals surface area contributed by atoms with E-state index < -0.39 is 0 Å². The quantitative estimate of drug-likeness (QED) is 0.858. The van der Waals surface area contributed by atoms with Crippen molar-refractivity contribution in [1.29, 1.82) is 0 Å². The maximum atomic E-state index is 11.8. The van der Waals surface area contributed by atoms with Crippen LogP contribution in [-0.2, 0) is 4.79 Å². The molecule has 0 aromatic heterocycles. The fraction of sp³-hybridized carbons (Fsp3) is 0.500. The van der Waals surface area contributed by atoms with Crippen LogP contribution in [-0.4, -0.2) is 30.4 Å². The van der Waals surface area contributed by atoms with Crippen molar-refractivity contribution in [1.82, 2.24) is 4.90 Å². The summed E-state index contributed by atoms with van der Waals surface area (Å²) in [5, 5.41) is 3.54. The number of hydrogen-bond donors (Lipinski definition) is 1. The summed E-state index contributed by atoms with van der Waals surface area (Å²) in [5.74, 6) is 0.0295. The molecule has 0 saturated heterocycles. The van der Waals surface area contributed by atoms with Crippen LogP contribution in [0.2, 0.25) is 5.02 Å². The lowest BCUT2D eigenvalue weighted by molar-refractivity contribution is -0.116. The second-order valence-electron chi connectivity index (χ2n) is 4.29. The summed E-state index contributed by atoms with van der Waals surface area (Å²) in [5.41, 5.74) is 1.77. The predicted molar refractivity (Wildman–Crippen MR) is 77.2 cm³/mol. The minimum Gasteiger partial charge on any atom is -0.326 e. The molecule has 0 atom stereocenters. The summed E-state index contributed by atoms with van der Waals surface area (Å²) < 4.78 is 0. The Bertz CT molecular complexity index is 403. The summed E-state index contributed by atoms with van der Waals surface area (Å²) in [7, 11) is 0. The van der Waals surface area contributed by atoms with Gasteiger partial charge in [0.2, 0.25) is 5.91 Å². The lowest BCUT2D eigenvalue weighted by atomic mass is 10.2. The van der Waals surface area contributed by atoms with Gasteiger partial charge < -0.3 is 10.2 Å². The van der Waals surface area contributed by atoms with Crippen LogP contribution in [0.1, 0.15) is 25.8 Å². The second kappa shape index (κ2) is 7.39. The molecule has 1 aromatic rings. The Hall–Kier alpha value is -1.06. The summed E-state index contributed by atoms with van der Waals surface area (Å²) in [6, 6.07) is 5.56. The Morgan fingerprint density at radius 1 is 1.33 bits per heavy atom. The third kappa shape index (κ3) is 4.67. The van der Waals surface area contributed by atoms with Crippen molar-refractivity contribution in [3.63, 3.8) is 0 Å². The number of amides is 1. The summed E-state index contributed by atoms with van der Waals surface area (Å²) in [6.45, 7) is 8.87. The molecule has 18 heavy (non-hydrogen) atoms. The maximum Gasteiger partial charge on any atom is 0.225 e. The van der Waals surface area contributed by atoms with Crippen LogP contribution < -0.4 is 5.32 Å². The Balaban J connectivity index is 2.46. The van der Waals surface area contributed by atoms with Gasteiger partial charge in [0.1, 0.15) is 0 Å². The molecule has 3 nitrogen and oxygen atoms in total. The third-order valence-electron chi connectivity index (χ3n) is 3.01. The number of halogens is 1. The SMILES string of the molecule is CCN(CC)CCC(=O)Nc1ccc(C)c(Cl)c1. The van der Waals surface area contributed by atoms with Crippen LogP contribution in [0.4, 0.5) is 5.69 Å². The number of carbonyl (C=O) groups excluding carboxylic acids is 1. The smallest absolute Gasteiger partial charge is 0.225 e. The highest BCUT2D eigenvalue weighted by atomic mass is 35.5. The molecule has 1 aromatic carbocycles. The van der Waals surface area contributed by atoms with E-state index in [1.807, 2.05) is 19.1 Å². The molecular formula is C14H21ClN2O. The van der Waals surface area contributed by atoms with Crippen LogP contribution in [0.5, 0.6) is 0 Å². The van der Waals surface area contributed by atoms with E-state index >= 15 is 0 Å². The molecule has 0 fully saturated rings. The van der Waals surface area contributed by atoms with Crippen LogP contribution in [0.3, 0.4) is 0 Å². The van der Waals surface area contributed by atoms with Gasteiger partial charge in [-0.25, -0.2) is 0 Å². The van der Waals surface area contributed by atoms with Crippen LogP contribution in [0, 0.1) is 6.92 Å². The van der Waals surface area contributed by atoms with Crippen LogP contribution >= 0.6 is 11.6 Å². The Morgan fingerprint density at radius 2 is 2.00 bits per heavy atom. The standard InChI is InChI=1S/C14H21ClN2O/c1-4-17(5-2)9-8-14(18)16-12-7-6-11(3)13(15)10-12/h6-7,10H,4-5,8-9H2,1-3H3,(H,16,18). The molecule has 1 N–H and O–H groups in total. The molecule has 0 aliphatic rings. The molecule has 0 bridgehead atoms. The molecule has 0 heterocycles. The number of nitrogens with zero attached hydrogens (tertiary/aromatic N) is 1. The Labute approximate surface area is 114 Å². The Kier molecular flexibility index (Phi) is 6.16. The van der Waals surface area contributed by atoms with Crippen molar-refractivity contribution < 1.29 is 4.79 Å². The van der Waals surface area contributed by atoms with Gasteiger partial charge in [-0.2, -0.15) is 0 Å². The zero-order valence-electron chi connectivity index (χ0n) is 11.3. The van der Waals surface area contributed by atoms with Crippen LogP contribution in [0.15, 0.2) is 18.2 Å². The van der Waals surface area contributed by atoms with Gasteiger partial charge >= 0.3 is 0 Å². The van der Waals surface area contributed by atoms with Gasteiger partial charge in [-0.15, -0.1) is 0 Å². The fourth-order valence-electron chi connectivity index (χ4n) is 1.69. The van der Waals surface area contributed by atoms with Gasteiger partial charge in [0, 0.05) is 23.7 Å². The van der Waals surface area contributed by atoms with Crippen molar-refractivity contribution in [3.8, 4) is 0 Å². The first-order valence-corrected chi connectivity index (χ1v) is 6.73. The van der Waals surface area contributed by atoms with E-state index in [9.17, 15) is 4.79 Å². The molecule has 1 amide bonds. The molecule has 0 aliphatic carbocycles. The molecule has 0 unspecified atom stereocenters. The minimum absolute atomic E-state index is 0.0295. The van der Waals surface area contributed by atoms with Gasteiger partial charge in [0.05, 0.1) is 0 Å². The molecular weight excluding hydrogens is 248 g/mol. The third-order valence-corrected chi connectivity index (χ3v) is 3.41. The van der Waals surface area contributed by atoms with Crippen molar-refractivity contribution in [2.24, 2.45) is 0 Å². The van der Waals surface area contributed by atoms with Crippen LogP contribution in [0.25, 0.3) is 0 Å². The van der Waals surface area contributed by atoms with E-state index in [0.717, 1.165) is 30.9 Å². The van der Waals surface area contributed by atoms with E-state index in [-0.39, 0.29) is 5.91 Å².